The van der Waals surface area contributed by atoms with Gasteiger partial charge in [-0.1, -0.05) is 27.7 Å². The van der Waals surface area contributed by atoms with Crippen LogP contribution in [0.4, 0.5) is 4.79 Å². The van der Waals surface area contributed by atoms with Gasteiger partial charge in [0.15, 0.2) is 0 Å². The molecule has 0 bridgehead atoms. The maximum absolute atomic E-state index is 12.2. The van der Waals surface area contributed by atoms with Crippen LogP contribution in [-0.4, -0.2) is 23.8 Å². The van der Waals surface area contributed by atoms with E-state index in [1.54, 1.807) is 0 Å². The zero-order valence-corrected chi connectivity index (χ0v) is 14.4. The Balaban J connectivity index is 2.72. The van der Waals surface area contributed by atoms with Crippen molar-refractivity contribution in [2.45, 2.75) is 66.0 Å². The normalized spacial score (nSPS) is 14.5. The Labute approximate surface area is 133 Å². The standard InChI is InChI=1S/C17H30N2O3/c1-6-13-9-10-14(22-13)15(17(3,4)5)19-16(21)18-12(2)8-7-11-20/h9-10,12,15,20H,6-8,11H2,1-5H3,(H2,18,19,21). The van der Waals surface area contributed by atoms with Crippen LogP contribution in [0.5, 0.6) is 0 Å². The first kappa shape index (κ1) is 18.6. The van der Waals surface area contributed by atoms with Crippen molar-refractivity contribution >= 4 is 6.03 Å². The van der Waals surface area contributed by atoms with Crippen molar-refractivity contribution in [2.24, 2.45) is 5.41 Å². The maximum atomic E-state index is 12.2. The molecule has 1 aromatic rings. The lowest BCUT2D eigenvalue weighted by atomic mass is 9.85. The summed E-state index contributed by atoms with van der Waals surface area (Å²) in [4.78, 5) is 12.2. The molecule has 0 saturated carbocycles. The number of hydrogen-bond donors (Lipinski definition) is 3. The highest BCUT2D eigenvalue weighted by molar-refractivity contribution is 5.74. The quantitative estimate of drug-likeness (QED) is 0.722. The summed E-state index contributed by atoms with van der Waals surface area (Å²) >= 11 is 0. The summed E-state index contributed by atoms with van der Waals surface area (Å²) in [7, 11) is 0. The maximum Gasteiger partial charge on any atom is 0.315 e. The van der Waals surface area contributed by atoms with E-state index in [1.165, 1.54) is 0 Å². The van der Waals surface area contributed by atoms with Gasteiger partial charge in [-0.3, -0.25) is 0 Å². The van der Waals surface area contributed by atoms with E-state index in [-0.39, 0.29) is 30.1 Å². The zero-order chi connectivity index (χ0) is 16.8. The van der Waals surface area contributed by atoms with Crippen LogP contribution in [0.3, 0.4) is 0 Å². The lowest BCUT2D eigenvalue weighted by Crippen LogP contribution is -2.45. The molecule has 2 atom stereocenters. The largest absolute Gasteiger partial charge is 0.464 e. The molecular formula is C17H30N2O3. The minimum atomic E-state index is -0.209. The third-order valence-electron chi connectivity index (χ3n) is 3.63. The van der Waals surface area contributed by atoms with E-state index in [9.17, 15) is 4.79 Å². The van der Waals surface area contributed by atoms with Crippen molar-refractivity contribution in [3.05, 3.63) is 23.7 Å². The van der Waals surface area contributed by atoms with Crippen LogP contribution in [0.15, 0.2) is 16.5 Å². The first-order chi connectivity index (χ1) is 10.3. The molecule has 3 N–H and O–H groups in total. The predicted octanol–water partition coefficient (Wildman–Crippen LogP) is 3.39. The monoisotopic (exact) mass is 310 g/mol. The van der Waals surface area contributed by atoms with E-state index < -0.39 is 0 Å². The summed E-state index contributed by atoms with van der Waals surface area (Å²) in [5, 5.41) is 14.8. The van der Waals surface area contributed by atoms with Crippen molar-refractivity contribution in [3.63, 3.8) is 0 Å². The van der Waals surface area contributed by atoms with Crippen LogP contribution in [0.25, 0.3) is 0 Å². The fourth-order valence-electron chi connectivity index (χ4n) is 2.32. The van der Waals surface area contributed by atoms with Crippen LogP contribution in [-0.2, 0) is 6.42 Å². The lowest BCUT2D eigenvalue weighted by molar-refractivity contribution is 0.202. The Morgan fingerprint density at radius 3 is 2.50 bits per heavy atom. The summed E-state index contributed by atoms with van der Waals surface area (Å²) < 4.78 is 5.82. The molecule has 2 unspecified atom stereocenters. The summed E-state index contributed by atoms with van der Waals surface area (Å²) in [6.45, 7) is 10.3. The highest BCUT2D eigenvalue weighted by Crippen LogP contribution is 2.33. The number of rotatable bonds is 7. The zero-order valence-electron chi connectivity index (χ0n) is 14.4. The number of aryl methyl sites for hydroxylation is 1. The van der Waals surface area contributed by atoms with Gasteiger partial charge in [0.25, 0.3) is 0 Å². The predicted molar refractivity (Wildman–Crippen MR) is 87.7 cm³/mol. The molecule has 22 heavy (non-hydrogen) atoms. The number of carbonyl (C=O) groups excluding carboxylic acids is 1. The molecule has 126 valence electrons. The van der Waals surface area contributed by atoms with Gasteiger partial charge in [0.05, 0.1) is 6.04 Å². The van der Waals surface area contributed by atoms with Crippen molar-refractivity contribution in [1.29, 1.82) is 0 Å². The van der Waals surface area contributed by atoms with Gasteiger partial charge < -0.3 is 20.2 Å². The Morgan fingerprint density at radius 2 is 2.00 bits per heavy atom. The Hall–Kier alpha value is -1.49. The second-order valence-corrected chi connectivity index (χ2v) is 6.84. The van der Waals surface area contributed by atoms with Gasteiger partial charge in [0.2, 0.25) is 0 Å². The molecule has 0 spiro atoms. The van der Waals surface area contributed by atoms with E-state index in [2.05, 4.69) is 31.4 Å². The van der Waals surface area contributed by atoms with E-state index >= 15 is 0 Å². The molecule has 0 aliphatic carbocycles. The second kappa shape index (κ2) is 8.22. The molecule has 2 amide bonds. The van der Waals surface area contributed by atoms with Crippen LogP contribution in [0.2, 0.25) is 0 Å². The van der Waals surface area contributed by atoms with Crippen LogP contribution < -0.4 is 10.6 Å². The highest BCUT2D eigenvalue weighted by Gasteiger charge is 2.30. The van der Waals surface area contributed by atoms with Crippen LogP contribution >= 0.6 is 0 Å². The minimum absolute atomic E-state index is 0.0237. The third kappa shape index (κ3) is 5.72. The summed E-state index contributed by atoms with van der Waals surface area (Å²) in [5.41, 5.74) is -0.158. The van der Waals surface area contributed by atoms with Crippen LogP contribution in [0, 0.1) is 5.41 Å². The number of urea groups is 1. The Kier molecular flexibility index (Phi) is 6.94. The number of furan rings is 1. The molecule has 1 aromatic heterocycles. The molecule has 5 nitrogen and oxygen atoms in total. The number of aliphatic hydroxyl groups excluding tert-OH is 1. The molecular weight excluding hydrogens is 280 g/mol. The SMILES string of the molecule is CCc1ccc(C(NC(=O)NC(C)CCCO)C(C)(C)C)o1. The first-order valence-corrected chi connectivity index (χ1v) is 8.04. The number of hydrogen-bond acceptors (Lipinski definition) is 3. The first-order valence-electron chi connectivity index (χ1n) is 8.04. The van der Waals surface area contributed by atoms with Crippen molar-refractivity contribution in [3.8, 4) is 0 Å². The molecule has 0 aromatic carbocycles. The topological polar surface area (TPSA) is 74.5 Å². The third-order valence-corrected chi connectivity index (χ3v) is 3.63. The van der Waals surface area contributed by atoms with Crippen LogP contribution in [0.1, 0.15) is 65.0 Å². The lowest BCUT2D eigenvalue weighted by Gasteiger charge is -2.30. The molecule has 5 heteroatoms. The van der Waals surface area contributed by atoms with Gasteiger partial charge >= 0.3 is 6.03 Å². The number of carbonyl (C=O) groups is 1. The van der Waals surface area contributed by atoms with E-state index in [4.69, 9.17) is 9.52 Å². The van der Waals surface area contributed by atoms with Gasteiger partial charge in [-0.25, -0.2) is 4.79 Å². The molecule has 1 heterocycles. The molecule has 0 fully saturated rings. The molecule has 0 aliphatic rings. The van der Waals surface area contributed by atoms with Gasteiger partial charge in [-0.15, -0.1) is 0 Å². The van der Waals surface area contributed by atoms with E-state index in [0.29, 0.717) is 6.42 Å². The Morgan fingerprint density at radius 1 is 1.32 bits per heavy atom. The van der Waals surface area contributed by atoms with E-state index in [1.807, 2.05) is 26.0 Å². The van der Waals surface area contributed by atoms with Gasteiger partial charge in [0, 0.05) is 19.1 Å². The number of aliphatic hydroxyl groups is 1. The molecule has 1 rings (SSSR count). The molecule has 0 saturated heterocycles. The molecule has 0 radical (unpaired) electrons. The number of nitrogens with one attached hydrogen (secondary N) is 2. The van der Waals surface area contributed by atoms with Crippen molar-refractivity contribution in [1.82, 2.24) is 10.6 Å². The molecule has 0 aliphatic heterocycles. The number of amides is 2. The van der Waals surface area contributed by atoms with Gasteiger partial charge in [-0.2, -0.15) is 0 Å². The summed E-state index contributed by atoms with van der Waals surface area (Å²) in [5.74, 6) is 1.70. The van der Waals surface area contributed by atoms with Crippen molar-refractivity contribution in [2.75, 3.05) is 6.61 Å². The smallest absolute Gasteiger partial charge is 0.315 e. The Bertz CT molecular complexity index is 463. The summed E-state index contributed by atoms with van der Waals surface area (Å²) in [6.07, 6.45) is 2.27. The van der Waals surface area contributed by atoms with Gasteiger partial charge in [0.1, 0.15) is 11.5 Å². The fourth-order valence-corrected chi connectivity index (χ4v) is 2.32. The van der Waals surface area contributed by atoms with Gasteiger partial charge in [-0.05, 0) is 37.3 Å². The summed E-state index contributed by atoms with van der Waals surface area (Å²) in [6, 6.07) is 3.51. The fraction of sp³-hybridized carbons (Fsp3) is 0.706. The second-order valence-electron chi connectivity index (χ2n) is 6.84. The minimum Gasteiger partial charge on any atom is -0.464 e. The highest BCUT2D eigenvalue weighted by atomic mass is 16.3. The van der Waals surface area contributed by atoms with Crippen molar-refractivity contribution < 1.29 is 14.3 Å². The average Bonchev–Trinajstić information content (AvgIpc) is 2.89. The average molecular weight is 310 g/mol. The van der Waals surface area contributed by atoms with E-state index in [0.717, 1.165) is 24.4 Å².